The fraction of sp³-hybridized carbons (Fsp3) is 0.778. The number of hydrogen-bond acceptors (Lipinski definition) is 1. The molecule has 0 aliphatic heterocycles. The Bertz CT molecular complexity index is 166. The van der Waals surface area contributed by atoms with Crippen LogP contribution in [0.3, 0.4) is 0 Å². The summed E-state index contributed by atoms with van der Waals surface area (Å²) in [6.07, 6.45) is 9.08. The van der Waals surface area contributed by atoms with Crippen molar-refractivity contribution in [1.29, 1.82) is 0 Å². The lowest BCUT2D eigenvalue weighted by Gasteiger charge is -2.38. The Balaban J connectivity index is 2.09. The molecule has 0 amide bonds. The highest BCUT2D eigenvalue weighted by molar-refractivity contribution is 5.23. The van der Waals surface area contributed by atoms with Gasteiger partial charge in [0.1, 0.15) is 0 Å². The molecule has 1 saturated carbocycles. The van der Waals surface area contributed by atoms with E-state index in [1.165, 1.54) is 24.8 Å². The maximum atomic E-state index is 9.84. The molecule has 10 heavy (non-hydrogen) atoms. The molecule has 2 aliphatic carbocycles. The highest BCUT2D eigenvalue weighted by atomic mass is 16.3. The molecule has 1 nitrogen and oxygen atoms in total. The first-order chi connectivity index (χ1) is 4.81. The smallest absolute Gasteiger partial charge is 0.0856 e. The van der Waals surface area contributed by atoms with Crippen LogP contribution in [-0.4, -0.2) is 10.7 Å². The van der Waals surface area contributed by atoms with Crippen LogP contribution >= 0.6 is 0 Å². The van der Waals surface area contributed by atoms with Crippen molar-refractivity contribution in [2.24, 2.45) is 0 Å². The first-order valence-electron chi connectivity index (χ1n) is 4.23. The molecule has 0 atom stereocenters. The Kier molecular flexibility index (Phi) is 1.34. The summed E-state index contributed by atoms with van der Waals surface area (Å²) < 4.78 is 0. The van der Waals surface area contributed by atoms with Gasteiger partial charge in [-0.3, -0.25) is 0 Å². The van der Waals surface area contributed by atoms with Crippen molar-refractivity contribution < 1.29 is 5.11 Å². The molecular weight excluding hydrogens is 124 g/mol. The maximum absolute atomic E-state index is 9.84. The largest absolute Gasteiger partial charge is 0.386 e. The van der Waals surface area contributed by atoms with Crippen molar-refractivity contribution in [3.05, 3.63) is 11.6 Å². The van der Waals surface area contributed by atoms with E-state index in [-0.39, 0.29) is 5.60 Å². The molecule has 2 aliphatic rings. The average Bonchev–Trinajstić information content (AvgIpc) is 2.33. The van der Waals surface area contributed by atoms with Crippen molar-refractivity contribution in [1.82, 2.24) is 0 Å². The van der Waals surface area contributed by atoms with E-state index in [2.05, 4.69) is 6.08 Å². The van der Waals surface area contributed by atoms with Gasteiger partial charge in [0.15, 0.2) is 0 Å². The van der Waals surface area contributed by atoms with Gasteiger partial charge in [-0.15, -0.1) is 0 Å². The molecule has 1 heteroatoms. The number of hydrogen-bond donors (Lipinski definition) is 1. The van der Waals surface area contributed by atoms with Gasteiger partial charge in [-0.05, 0) is 44.1 Å². The van der Waals surface area contributed by atoms with Gasteiger partial charge < -0.3 is 5.11 Å². The summed E-state index contributed by atoms with van der Waals surface area (Å²) in [6.45, 7) is 0. The van der Waals surface area contributed by atoms with E-state index in [0.717, 1.165) is 19.3 Å². The topological polar surface area (TPSA) is 20.2 Å². The molecule has 0 spiro atoms. The summed E-state index contributed by atoms with van der Waals surface area (Å²) in [7, 11) is 0. The Morgan fingerprint density at radius 3 is 2.50 bits per heavy atom. The number of allylic oxidation sites excluding steroid dienone is 1. The second kappa shape index (κ2) is 2.09. The van der Waals surface area contributed by atoms with Gasteiger partial charge in [-0.25, -0.2) is 0 Å². The summed E-state index contributed by atoms with van der Waals surface area (Å²) in [5, 5.41) is 9.84. The van der Waals surface area contributed by atoms with Crippen molar-refractivity contribution >= 4 is 0 Å². The zero-order valence-corrected chi connectivity index (χ0v) is 6.27. The van der Waals surface area contributed by atoms with Crippen LogP contribution in [0.1, 0.15) is 38.5 Å². The second-order valence-corrected chi connectivity index (χ2v) is 3.51. The van der Waals surface area contributed by atoms with Crippen LogP contribution in [-0.2, 0) is 0 Å². The lowest BCUT2D eigenvalue weighted by atomic mass is 9.74. The van der Waals surface area contributed by atoms with E-state index in [1.54, 1.807) is 0 Å². The molecule has 1 N–H and O–H groups in total. The van der Waals surface area contributed by atoms with Crippen molar-refractivity contribution in [3.63, 3.8) is 0 Å². The highest BCUT2D eigenvalue weighted by Gasteiger charge is 2.38. The van der Waals surface area contributed by atoms with Crippen LogP contribution in [0.4, 0.5) is 0 Å². The van der Waals surface area contributed by atoms with Gasteiger partial charge in [-0.2, -0.15) is 0 Å². The van der Waals surface area contributed by atoms with Crippen LogP contribution in [0.25, 0.3) is 0 Å². The summed E-state index contributed by atoms with van der Waals surface area (Å²) in [5.74, 6) is 0. The summed E-state index contributed by atoms with van der Waals surface area (Å²) >= 11 is 0. The van der Waals surface area contributed by atoms with Gasteiger partial charge in [0.25, 0.3) is 0 Å². The number of aliphatic hydroxyl groups is 1. The maximum Gasteiger partial charge on any atom is 0.0856 e. The lowest BCUT2D eigenvalue weighted by molar-refractivity contribution is 0.000675. The molecule has 0 radical (unpaired) electrons. The van der Waals surface area contributed by atoms with E-state index in [4.69, 9.17) is 0 Å². The minimum atomic E-state index is -0.337. The minimum absolute atomic E-state index is 0.337. The van der Waals surface area contributed by atoms with Crippen LogP contribution < -0.4 is 0 Å². The summed E-state index contributed by atoms with van der Waals surface area (Å²) in [4.78, 5) is 0. The zero-order chi connectivity index (χ0) is 7.03. The van der Waals surface area contributed by atoms with Crippen LogP contribution in [0.2, 0.25) is 0 Å². The van der Waals surface area contributed by atoms with Crippen LogP contribution in [0.5, 0.6) is 0 Å². The SMILES string of the molecule is OC1(C2=CCCC2)CCC1. The highest BCUT2D eigenvalue weighted by Crippen LogP contribution is 2.42. The minimum Gasteiger partial charge on any atom is -0.386 e. The van der Waals surface area contributed by atoms with E-state index >= 15 is 0 Å². The lowest BCUT2D eigenvalue weighted by Crippen LogP contribution is -2.38. The molecule has 1 fully saturated rings. The van der Waals surface area contributed by atoms with Gasteiger partial charge in [0.05, 0.1) is 5.60 Å². The Morgan fingerprint density at radius 1 is 1.30 bits per heavy atom. The zero-order valence-electron chi connectivity index (χ0n) is 6.27. The molecule has 0 saturated heterocycles. The van der Waals surface area contributed by atoms with Crippen molar-refractivity contribution in [2.75, 3.05) is 0 Å². The van der Waals surface area contributed by atoms with E-state index < -0.39 is 0 Å². The fourth-order valence-electron chi connectivity index (χ4n) is 1.93. The Hall–Kier alpha value is -0.300. The van der Waals surface area contributed by atoms with Crippen LogP contribution in [0, 0.1) is 0 Å². The predicted molar refractivity (Wildman–Crippen MR) is 40.7 cm³/mol. The van der Waals surface area contributed by atoms with Crippen LogP contribution in [0.15, 0.2) is 11.6 Å². The van der Waals surface area contributed by atoms with E-state index in [0.29, 0.717) is 0 Å². The summed E-state index contributed by atoms with van der Waals surface area (Å²) in [5.41, 5.74) is 0.995. The summed E-state index contributed by atoms with van der Waals surface area (Å²) in [6, 6.07) is 0. The third-order valence-corrected chi connectivity index (χ3v) is 2.82. The standard InChI is InChI=1S/C9H14O/c10-9(6-3-7-9)8-4-1-2-5-8/h4,10H,1-3,5-7H2. The molecule has 2 rings (SSSR count). The van der Waals surface area contributed by atoms with Gasteiger partial charge in [0, 0.05) is 0 Å². The number of rotatable bonds is 1. The van der Waals surface area contributed by atoms with Gasteiger partial charge in [-0.1, -0.05) is 6.08 Å². The molecule has 0 unspecified atom stereocenters. The molecule has 0 aromatic heterocycles. The fourth-order valence-corrected chi connectivity index (χ4v) is 1.93. The first-order valence-corrected chi connectivity index (χ1v) is 4.23. The third kappa shape index (κ3) is 0.807. The molecule has 56 valence electrons. The molecule has 0 aromatic rings. The normalized spacial score (nSPS) is 29.5. The predicted octanol–water partition coefficient (Wildman–Crippen LogP) is 2.01. The average molecular weight is 138 g/mol. The van der Waals surface area contributed by atoms with Gasteiger partial charge >= 0.3 is 0 Å². The monoisotopic (exact) mass is 138 g/mol. The Morgan fingerprint density at radius 2 is 2.10 bits per heavy atom. The molecular formula is C9H14O. The first kappa shape index (κ1) is 6.41. The second-order valence-electron chi connectivity index (χ2n) is 3.51. The van der Waals surface area contributed by atoms with Crippen molar-refractivity contribution in [3.8, 4) is 0 Å². The molecule has 0 aromatic carbocycles. The Labute approximate surface area is 61.8 Å². The molecule has 0 heterocycles. The van der Waals surface area contributed by atoms with E-state index in [1.807, 2.05) is 0 Å². The van der Waals surface area contributed by atoms with Crippen molar-refractivity contribution in [2.45, 2.75) is 44.1 Å². The van der Waals surface area contributed by atoms with Gasteiger partial charge in [0.2, 0.25) is 0 Å². The molecule has 0 bridgehead atoms. The quantitative estimate of drug-likeness (QED) is 0.549. The third-order valence-electron chi connectivity index (χ3n) is 2.82. The van der Waals surface area contributed by atoms with E-state index in [9.17, 15) is 5.11 Å².